The van der Waals surface area contributed by atoms with E-state index in [9.17, 15) is 0 Å². The molecule has 0 spiro atoms. The summed E-state index contributed by atoms with van der Waals surface area (Å²) in [5, 5.41) is 3.57. The predicted molar refractivity (Wildman–Crippen MR) is 142 cm³/mol. The van der Waals surface area contributed by atoms with Crippen LogP contribution in [0.5, 0.6) is 0 Å². The first-order chi connectivity index (χ1) is 16.3. The smallest absolute Gasteiger partial charge is 0.0463 e. The zero-order chi connectivity index (χ0) is 22.5. The van der Waals surface area contributed by atoms with E-state index in [4.69, 9.17) is 0 Å². The molecule has 1 N–H and O–H groups in total. The molecule has 1 aliphatic rings. The Balaban J connectivity index is 1.40. The Kier molecular flexibility index (Phi) is 6.08. The summed E-state index contributed by atoms with van der Waals surface area (Å²) in [6.45, 7) is 2.12. The topological polar surface area (TPSA) is 15.3 Å². The van der Waals surface area contributed by atoms with Gasteiger partial charge in [0.15, 0.2) is 0 Å². The Morgan fingerprint density at radius 3 is 2.06 bits per heavy atom. The van der Waals surface area contributed by atoms with E-state index in [0.29, 0.717) is 0 Å². The highest BCUT2D eigenvalue weighted by molar-refractivity contribution is 5.78. The van der Waals surface area contributed by atoms with Gasteiger partial charge in [0.2, 0.25) is 0 Å². The van der Waals surface area contributed by atoms with Crippen LogP contribution in [-0.4, -0.2) is 0 Å². The molecule has 0 fully saturated rings. The molecule has 2 nitrogen and oxygen atoms in total. The van der Waals surface area contributed by atoms with Crippen molar-refractivity contribution in [2.75, 3.05) is 10.2 Å². The van der Waals surface area contributed by atoms with Gasteiger partial charge in [0.1, 0.15) is 0 Å². The van der Waals surface area contributed by atoms with Crippen molar-refractivity contribution in [3.63, 3.8) is 0 Å². The Morgan fingerprint density at radius 1 is 0.667 bits per heavy atom. The third-order valence-electron chi connectivity index (χ3n) is 5.97. The normalized spacial score (nSPS) is 12.8. The molecule has 2 heteroatoms. The first kappa shape index (κ1) is 20.8. The first-order valence-electron chi connectivity index (χ1n) is 11.5. The van der Waals surface area contributed by atoms with Crippen LogP contribution in [0.25, 0.3) is 5.57 Å². The number of anilines is 5. The monoisotopic (exact) mass is 428 g/mol. The Bertz CT molecular complexity index is 1270. The molecule has 0 atom stereocenters. The summed E-state index contributed by atoms with van der Waals surface area (Å²) in [4.78, 5) is 2.28. The van der Waals surface area contributed by atoms with Gasteiger partial charge in [-0.3, -0.25) is 0 Å². The third-order valence-corrected chi connectivity index (χ3v) is 5.97. The van der Waals surface area contributed by atoms with Crippen LogP contribution in [0.1, 0.15) is 24.0 Å². The second kappa shape index (κ2) is 9.62. The van der Waals surface area contributed by atoms with Crippen molar-refractivity contribution < 1.29 is 0 Å². The maximum atomic E-state index is 3.57. The minimum absolute atomic E-state index is 1.07. The fourth-order valence-corrected chi connectivity index (χ4v) is 4.22. The molecule has 0 heterocycles. The second-order valence-corrected chi connectivity index (χ2v) is 8.42. The Morgan fingerprint density at radius 2 is 1.36 bits per heavy atom. The van der Waals surface area contributed by atoms with Gasteiger partial charge in [-0.25, -0.2) is 0 Å². The van der Waals surface area contributed by atoms with Gasteiger partial charge in [-0.05, 0) is 91.6 Å². The maximum Gasteiger partial charge on any atom is 0.0463 e. The van der Waals surface area contributed by atoms with Crippen LogP contribution in [-0.2, 0) is 0 Å². The van der Waals surface area contributed by atoms with Gasteiger partial charge in [0.25, 0.3) is 0 Å². The zero-order valence-corrected chi connectivity index (χ0v) is 18.9. The van der Waals surface area contributed by atoms with Crippen molar-refractivity contribution in [3.05, 3.63) is 132 Å². The minimum atomic E-state index is 1.07. The highest BCUT2D eigenvalue weighted by atomic mass is 15.1. The molecule has 0 amide bonds. The van der Waals surface area contributed by atoms with Gasteiger partial charge < -0.3 is 10.2 Å². The van der Waals surface area contributed by atoms with Crippen LogP contribution < -0.4 is 10.2 Å². The van der Waals surface area contributed by atoms with Gasteiger partial charge in [-0.15, -0.1) is 0 Å². The van der Waals surface area contributed by atoms with E-state index in [1.807, 2.05) is 0 Å². The van der Waals surface area contributed by atoms with E-state index in [-0.39, 0.29) is 0 Å². The molecule has 0 saturated carbocycles. The maximum absolute atomic E-state index is 3.57. The van der Waals surface area contributed by atoms with Crippen molar-refractivity contribution in [3.8, 4) is 0 Å². The molecule has 162 valence electrons. The SMILES string of the molecule is Cc1ccc(N(c2ccccc2)c2ccc(Nc3cccc(C4=CC=CCC4)c3)cc2)cc1. The van der Waals surface area contributed by atoms with Crippen LogP contribution in [0.15, 0.2) is 121 Å². The number of nitrogens with zero attached hydrogens (tertiary/aromatic N) is 1. The molecular formula is C31H28N2. The van der Waals surface area contributed by atoms with E-state index >= 15 is 0 Å². The highest BCUT2D eigenvalue weighted by Crippen LogP contribution is 2.35. The lowest BCUT2D eigenvalue weighted by Crippen LogP contribution is -2.09. The molecule has 0 radical (unpaired) electrons. The third kappa shape index (κ3) is 4.91. The molecule has 0 aromatic heterocycles. The van der Waals surface area contributed by atoms with Gasteiger partial charge >= 0.3 is 0 Å². The van der Waals surface area contributed by atoms with Crippen molar-refractivity contribution in [1.29, 1.82) is 0 Å². The Hall–Kier alpha value is -4.04. The van der Waals surface area contributed by atoms with Crippen LogP contribution in [0.3, 0.4) is 0 Å². The van der Waals surface area contributed by atoms with Crippen molar-refractivity contribution in [1.82, 2.24) is 0 Å². The molecule has 4 aromatic rings. The van der Waals surface area contributed by atoms with E-state index in [1.54, 1.807) is 0 Å². The largest absolute Gasteiger partial charge is 0.356 e. The van der Waals surface area contributed by atoms with Crippen LogP contribution in [0.4, 0.5) is 28.4 Å². The molecular weight excluding hydrogens is 400 g/mol. The van der Waals surface area contributed by atoms with Crippen LogP contribution in [0.2, 0.25) is 0 Å². The molecule has 1 aliphatic carbocycles. The van der Waals surface area contributed by atoms with Gasteiger partial charge in [0, 0.05) is 28.4 Å². The van der Waals surface area contributed by atoms with Crippen molar-refractivity contribution in [2.45, 2.75) is 19.8 Å². The van der Waals surface area contributed by atoms with E-state index < -0.39 is 0 Å². The summed E-state index contributed by atoms with van der Waals surface area (Å²) in [5.41, 5.74) is 9.54. The first-order valence-corrected chi connectivity index (χ1v) is 11.5. The average Bonchev–Trinajstić information content (AvgIpc) is 2.88. The van der Waals surface area contributed by atoms with E-state index in [1.165, 1.54) is 16.7 Å². The summed E-state index contributed by atoms with van der Waals surface area (Å²) in [6.07, 6.45) is 8.82. The van der Waals surface area contributed by atoms with Crippen molar-refractivity contribution >= 4 is 34.0 Å². The number of benzene rings is 4. The number of aryl methyl sites for hydroxylation is 1. The van der Waals surface area contributed by atoms with Crippen LogP contribution >= 0.6 is 0 Å². The Labute approximate surface area is 196 Å². The molecule has 0 unspecified atom stereocenters. The fourth-order valence-electron chi connectivity index (χ4n) is 4.22. The zero-order valence-electron chi connectivity index (χ0n) is 18.9. The number of hydrogen-bond acceptors (Lipinski definition) is 2. The highest BCUT2D eigenvalue weighted by Gasteiger charge is 2.12. The predicted octanol–water partition coefficient (Wildman–Crippen LogP) is 8.94. The number of para-hydroxylation sites is 1. The van der Waals surface area contributed by atoms with E-state index in [0.717, 1.165) is 41.3 Å². The standard InChI is InChI=1S/C31H28N2/c1-24-15-19-30(20-16-24)33(29-13-6-3-7-14-29)31-21-17-27(18-22-31)32-28-12-8-11-26(23-28)25-9-4-2-5-10-25/h2-4,6-9,11-23,32H,5,10H2,1H3. The molecule has 0 bridgehead atoms. The molecule has 0 aliphatic heterocycles. The number of allylic oxidation sites excluding steroid dienone is 4. The van der Waals surface area contributed by atoms with Gasteiger partial charge in [0.05, 0.1) is 0 Å². The summed E-state index contributed by atoms with van der Waals surface area (Å²) in [5.74, 6) is 0. The lowest BCUT2D eigenvalue weighted by molar-refractivity contribution is 1.05. The molecule has 5 rings (SSSR count). The number of nitrogens with one attached hydrogen (secondary N) is 1. The second-order valence-electron chi connectivity index (χ2n) is 8.42. The summed E-state index contributed by atoms with van der Waals surface area (Å²) in [6, 6.07) is 36.5. The fraction of sp³-hybridized carbons (Fsp3) is 0.0968. The van der Waals surface area contributed by atoms with Gasteiger partial charge in [-0.1, -0.05) is 66.3 Å². The number of rotatable bonds is 6. The minimum Gasteiger partial charge on any atom is -0.356 e. The number of hydrogen-bond donors (Lipinski definition) is 1. The summed E-state index contributed by atoms with van der Waals surface area (Å²) in [7, 11) is 0. The lowest BCUT2D eigenvalue weighted by Gasteiger charge is -2.25. The average molecular weight is 429 g/mol. The molecule has 4 aromatic carbocycles. The van der Waals surface area contributed by atoms with Crippen LogP contribution in [0, 0.1) is 6.92 Å². The summed E-state index contributed by atoms with van der Waals surface area (Å²) >= 11 is 0. The van der Waals surface area contributed by atoms with E-state index in [2.05, 4.69) is 138 Å². The van der Waals surface area contributed by atoms with Crippen molar-refractivity contribution in [2.24, 2.45) is 0 Å². The van der Waals surface area contributed by atoms with Gasteiger partial charge in [-0.2, -0.15) is 0 Å². The molecule has 0 saturated heterocycles. The molecule has 33 heavy (non-hydrogen) atoms. The quantitative estimate of drug-likeness (QED) is 0.330. The lowest BCUT2D eigenvalue weighted by atomic mass is 9.97. The summed E-state index contributed by atoms with van der Waals surface area (Å²) < 4.78 is 0.